The van der Waals surface area contributed by atoms with E-state index in [1.807, 2.05) is 0 Å². The highest BCUT2D eigenvalue weighted by atomic mass is 16.3. The van der Waals surface area contributed by atoms with E-state index in [1.165, 1.54) is 32.6 Å². The first-order valence-electron chi connectivity index (χ1n) is 13.4. The van der Waals surface area contributed by atoms with Crippen LogP contribution in [0, 0.1) is 6.92 Å². The largest absolute Gasteiger partial charge is 0.454 e. The van der Waals surface area contributed by atoms with Crippen molar-refractivity contribution in [1.29, 1.82) is 0 Å². The SMILES string of the molecule is C=N/C=C(\c1oc2ccc(-n3c4ccccc4c4ccccc43)cc2c1C)n1c2ccccc2c2ccccc21. The van der Waals surface area contributed by atoms with E-state index in [4.69, 9.17) is 4.42 Å². The van der Waals surface area contributed by atoms with Gasteiger partial charge in [0.05, 0.1) is 28.3 Å². The minimum atomic E-state index is 0.785. The van der Waals surface area contributed by atoms with Gasteiger partial charge in [-0.1, -0.05) is 72.8 Å². The minimum absolute atomic E-state index is 0.785. The molecular formula is C36H25N3O. The first-order chi connectivity index (χ1) is 19.7. The summed E-state index contributed by atoms with van der Waals surface area (Å²) in [5.41, 5.74) is 8.44. The molecule has 40 heavy (non-hydrogen) atoms. The van der Waals surface area contributed by atoms with Crippen molar-refractivity contribution < 1.29 is 4.42 Å². The lowest BCUT2D eigenvalue weighted by Crippen LogP contribution is -1.99. The van der Waals surface area contributed by atoms with Crippen LogP contribution >= 0.6 is 0 Å². The average Bonchev–Trinajstić information content (AvgIpc) is 3.63. The minimum Gasteiger partial charge on any atom is -0.454 e. The number of rotatable bonds is 4. The summed E-state index contributed by atoms with van der Waals surface area (Å²) >= 11 is 0. The summed E-state index contributed by atoms with van der Waals surface area (Å²) < 4.78 is 11.2. The predicted octanol–water partition coefficient (Wildman–Crippen LogP) is 9.49. The van der Waals surface area contributed by atoms with Crippen molar-refractivity contribution in [2.75, 3.05) is 0 Å². The normalized spacial score (nSPS) is 12.4. The number of benzene rings is 5. The molecule has 0 fully saturated rings. The third kappa shape index (κ3) is 3.10. The summed E-state index contributed by atoms with van der Waals surface area (Å²) in [5.74, 6) is 0.785. The Morgan fingerprint density at radius 3 is 1.70 bits per heavy atom. The molecule has 0 amide bonds. The third-order valence-corrected chi connectivity index (χ3v) is 8.03. The molecule has 4 nitrogen and oxygen atoms in total. The second-order valence-corrected chi connectivity index (χ2v) is 10.2. The van der Waals surface area contributed by atoms with Crippen LogP contribution in [0.5, 0.6) is 0 Å². The Bertz CT molecular complexity index is 2200. The van der Waals surface area contributed by atoms with Crippen molar-refractivity contribution in [3.63, 3.8) is 0 Å². The molecule has 4 heteroatoms. The Kier molecular flexibility index (Phi) is 4.85. The van der Waals surface area contributed by atoms with Crippen LogP contribution in [0.25, 0.3) is 66.0 Å². The summed E-state index contributed by atoms with van der Waals surface area (Å²) in [6.07, 6.45) is 1.80. The number of nitrogens with zero attached hydrogens (tertiary/aromatic N) is 3. The third-order valence-electron chi connectivity index (χ3n) is 8.03. The zero-order valence-corrected chi connectivity index (χ0v) is 22.0. The van der Waals surface area contributed by atoms with Crippen molar-refractivity contribution in [2.24, 2.45) is 4.99 Å². The smallest absolute Gasteiger partial charge is 0.156 e. The standard InChI is InChI=1S/C36H25N3O/c1-23-29-21-24(38-30-15-7-3-11-25(30)26-12-4-8-16-31(26)38)19-20-35(29)40-36(23)34(22-37-2)39-32-17-9-5-13-27(32)28-14-6-10-18-33(28)39/h3-22H,2H2,1H3/b34-22+. The van der Waals surface area contributed by atoms with E-state index >= 15 is 0 Å². The molecule has 190 valence electrons. The first kappa shape index (κ1) is 22.6. The Morgan fingerprint density at radius 1 is 0.650 bits per heavy atom. The summed E-state index contributed by atoms with van der Waals surface area (Å²) in [7, 11) is 0. The Morgan fingerprint density at radius 2 is 1.15 bits per heavy atom. The molecule has 0 bridgehead atoms. The lowest BCUT2D eigenvalue weighted by atomic mass is 10.1. The molecule has 8 aromatic rings. The van der Waals surface area contributed by atoms with Gasteiger partial charge in [-0.2, -0.15) is 0 Å². The Labute approximate surface area is 230 Å². The van der Waals surface area contributed by atoms with Gasteiger partial charge in [0.2, 0.25) is 0 Å². The Balaban J connectivity index is 1.38. The van der Waals surface area contributed by atoms with Gasteiger partial charge in [0.1, 0.15) is 11.3 Å². The van der Waals surface area contributed by atoms with Gasteiger partial charge in [-0.05, 0) is 56.1 Å². The maximum absolute atomic E-state index is 6.60. The lowest BCUT2D eigenvalue weighted by molar-refractivity contribution is 0.592. The van der Waals surface area contributed by atoms with Gasteiger partial charge in [0, 0.05) is 38.2 Å². The number of aliphatic imine (C=N–C) groups is 1. The van der Waals surface area contributed by atoms with E-state index < -0.39 is 0 Å². The lowest BCUT2D eigenvalue weighted by Gasteiger charge is -2.11. The molecule has 0 aliphatic rings. The molecule has 5 aromatic carbocycles. The zero-order valence-electron chi connectivity index (χ0n) is 22.0. The molecule has 8 rings (SSSR count). The van der Waals surface area contributed by atoms with Crippen LogP contribution < -0.4 is 0 Å². The van der Waals surface area contributed by atoms with Crippen LogP contribution in [0.4, 0.5) is 0 Å². The molecule has 0 atom stereocenters. The molecule has 0 N–H and O–H groups in total. The van der Waals surface area contributed by atoms with Crippen molar-refractivity contribution in [3.05, 3.63) is 133 Å². The highest BCUT2D eigenvalue weighted by Crippen LogP contribution is 2.39. The van der Waals surface area contributed by atoms with Gasteiger partial charge in [-0.15, -0.1) is 0 Å². The summed E-state index contributed by atoms with van der Waals surface area (Å²) in [5, 5.41) is 5.95. The van der Waals surface area contributed by atoms with Crippen molar-refractivity contribution in [2.45, 2.75) is 6.92 Å². The number of para-hydroxylation sites is 4. The summed E-state index contributed by atoms with van der Waals surface area (Å²) in [6.45, 7) is 5.93. The average molecular weight is 516 g/mol. The molecule has 0 aliphatic carbocycles. The van der Waals surface area contributed by atoms with Gasteiger partial charge in [0.15, 0.2) is 5.76 Å². The highest BCUT2D eigenvalue weighted by molar-refractivity contribution is 6.11. The molecule has 0 radical (unpaired) electrons. The number of hydrogen-bond acceptors (Lipinski definition) is 2. The van der Waals surface area contributed by atoms with Crippen LogP contribution in [-0.2, 0) is 0 Å². The van der Waals surface area contributed by atoms with Gasteiger partial charge in [-0.25, -0.2) is 0 Å². The number of aryl methyl sites for hydroxylation is 1. The number of furan rings is 1. The van der Waals surface area contributed by atoms with E-state index in [0.29, 0.717) is 0 Å². The van der Waals surface area contributed by atoms with Crippen LogP contribution in [0.3, 0.4) is 0 Å². The summed E-state index contributed by atoms with van der Waals surface area (Å²) in [4.78, 5) is 4.22. The fraction of sp³-hybridized carbons (Fsp3) is 0.0278. The number of aromatic nitrogens is 2. The molecule has 3 heterocycles. The van der Waals surface area contributed by atoms with Crippen molar-refractivity contribution in [1.82, 2.24) is 9.13 Å². The van der Waals surface area contributed by atoms with Crippen LogP contribution in [-0.4, -0.2) is 15.9 Å². The molecule has 0 aliphatic heterocycles. The van der Waals surface area contributed by atoms with Crippen LogP contribution in [0.15, 0.2) is 131 Å². The second-order valence-electron chi connectivity index (χ2n) is 10.2. The molecular weight excluding hydrogens is 490 g/mol. The predicted molar refractivity (Wildman–Crippen MR) is 168 cm³/mol. The zero-order chi connectivity index (χ0) is 26.8. The van der Waals surface area contributed by atoms with Crippen molar-refractivity contribution >= 4 is 67.0 Å². The van der Waals surface area contributed by atoms with Gasteiger partial charge in [-0.3, -0.25) is 4.99 Å². The van der Waals surface area contributed by atoms with Crippen LogP contribution in [0.2, 0.25) is 0 Å². The fourth-order valence-corrected chi connectivity index (χ4v) is 6.28. The topological polar surface area (TPSA) is 35.4 Å². The maximum Gasteiger partial charge on any atom is 0.156 e. The second kappa shape index (κ2) is 8.58. The highest BCUT2D eigenvalue weighted by Gasteiger charge is 2.21. The van der Waals surface area contributed by atoms with Crippen molar-refractivity contribution in [3.8, 4) is 5.69 Å². The van der Waals surface area contributed by atoms with Gasteiger partial charge >= 0.3 is 0 Å². The van der Waals surface area contributed by atoms with E-state index in [0.717, 1.165) is 44.7 Å². The Hall–Kier alpha value is -5.35. The molecule has 3 aromatic heterocycles. The molecule has 0 spiro atoms. The summed E-state index contributed by atoms with van der Waals surface area (Å²) in [6, 6.07) is 40.5. The molecule has 0 saturated heterocycles. The number of fused-ring (bicyclic) bond motifs is 7. The van der Waals surface area contributed by atoms with Gasteiger partial charge in [0.25, 0.3) is 0 Å². The van der Waals surface area contributed by atoms with E-state index in [9.17, 15) is 0 Å². The fourth-order valence-electron chi connectivity index (χ4n) is 6.28. The van der Waals surface area contributed by atoms with Gasteiger partial charge < -0.3 is 13.6 Å². The molecule has 0 unspecified atom stereocenters. The molecule has 0 saturated carbocycles. The number of hydrogen-bond donors (Lipinski definition) is 0. The maximum atomic E-state index is 6.60. The first-order valence-corrected chi connectivity index (χ1v) is 13.4. The quantitative estimate of drug-likeness (QED) is 0.215. The monoisotopic (exact) mass is 515 g/mol. The van der Waals surface area contributed by atoms with E-state index in [2.05, 4.69) is 143 Å². The van der Waals surface area contributed by atoms with E-state index in [1.54, 1.807) is 6.20 Å². The van der Waals surface area contributed by atoms with Crippen LogP contribution in [0.1, 0.15) is 11.3 Å². The van der Waals surface area contributed by atoms with E-state index in [-0.39, 0.29) is 0 Å².